The van der Waals surface area contributed by atoms with Crippen LogP contribution in [0, 0.1) is 0 Å². The Kier molecular flexibility index (Phi) is 4.81. The van der Waals surface area contributed by atoms with Crippen molar-refractivity contribution in [3.05, 3.63) is 40.9 Å². The van der Waals surface area contributed by atoms with Gasteiger partial charge in [-0.15, -0.1) is 11.3 Å². The molecular weight excluding hydrogens is 373 g/mol. The number of carbonyl (C=O) groups excluding carboxylic acids is 1. The number of halogens is 3. The van der Waals surface area contributed by atoms with Crippen LogP contribution in [-0.2, 0) is 10.9 Å². The van der Waals surface area contributed by atoms with Crippen LogP contribution in [0.25, 0.3) is 10.7 Å². The minimum Gasteiger partial charge on any atom is -0.462 e. The minimum atomic E-state index is -4.68. The number of hydrogen-bond acceptors (Lipinski definition) is 7. The van der Waals surface area contributed by atoms with Crippen molar-refractivity contribution in [2.45, 2.75) is 26.1 Å². The highest BCUT2D eigenvalue weighted by molar-refractivity contribution is 7.15. The molecule has 0 saturated carbocycles. The van der Waals surface area contributed by atoms with Crippen molar-refractivity contribution in [2.75, 3.05) is 6.61 Å². The van der Waals surface area contributed by atoms with E-state index in [1.807, 2.05) is 6.92 Å². The van der Waals surface area contributed by atoms with Gasteiger partial charge in [-0.05, 0) is 26.0 Å². The molecule has 26 heavy (non-hydrogen) atoms. The average Bonchev–Trinajstić information content (AvgIpc) is 3.31. The first-order chi connectivity index (χ1) is 12.3. The molecule has 11 heteroatoms. The molecule has 0 amide bonds. The maximum atomic E-state index is 12.6. The third-order valence-corrected chi connectivity index (χ3v) is 4.69. The fourth-order valence-corrected chi connectivity index (χ4v) is 3.12. The second-order valence-corrected chi connectivity index (χ2v) is 6.34. The smallest absolute Gasteiger partial charge is 0.462 e. The summed E-state index contributed by atoms with van der Waals surface area (Å²) >= 11 is 1.21. The van der Waals surface area contributed by atoms with E-state index in [0.29, 0.717) is 10.4 Å². The number of aromatic nitrogens is 4. The van der Waals surface area contributed by atoms with Gasteiger partial charge in [-0.2, -0.15) is 23.3 Å². The number of esters is 1. The van der Waals surface area contributed by atoms with E-state index in [4.69, 9.17) is 4.74 Å². The number of rotatable bonds is 5. The number of ether oxygens (including phenoxy) is 1. The Labute approximate surface area is 149 Å². The number of thiophene rings is 1. The highest BCUT2D eigenvalue weighted by atomic mass is 32.1. The average molecular weight is 386 g/mol. The molecule has 138 valence electrons. The van der Waals surface area contributed by atoms with E-state index in [1.165, 1.54) is 17.5 Å². The predicted octanol–water partition coefficient (Wildman–Crippen LogP) is 3.80. The Morgan fingerprint density at radius 1 is 1.42 bits per heavy atom. The molecule has 1 atom stereocenters. The fraction of sp³-hybridized carbons (Fsp3) is 0.333. The quantitative estimate of drug-likeness (QED) is 0.621. The molecule has 0 N–H and O–H groups in total. The van der Waals surface area contributed by atoms with Gasteiger partial charge in [-0.3, -0.25) is 4.68 Å². The third-order valence-electron chi connectivity index (χ3n) is 3.44. The standard InChI is InChI=1S/C15H13F3N4O3S/c1-3-24-13(23)9-6-19-22(7-9)8(2)10-4-5-11(26-10)12-20-14(25-21-12)15(16,17)18/h4-8H,3H2,1-2H3. The summed E-state index contributed by atoms with van der Waals surface area (Å²) in [5, 5.41) is 7.50. The molecule has 0 radical (unpaired) electrons. The Morgan fingerprint density at radius 3 is 2.85 bits per heavy atom. The lowest BCUT2D eigenvalue weighted by molar-refractivity contribution is -0.159. The van der Waals surface area contributed by atoms with Crippen LogP contribution in [0.4, 0.5) is 13.2 Å². The number of carbonyl (C=O) groups is 1. The van der Waals surface area contributed by atoms with Crippen LogP contribution in [0.3, 0.4) is 0 Å². The van der Waals surface area contributed by atoms with Crippen molar-refractivity contribution in [3.63, 3.8) is 0 Å². The summed E-state index contributed by atoms with van der Waals surface area (Å²) < 4.78 is 48.4. The van der Waals surface area contributed by atoms with Gasteiger partial charge in [0.2, 0.25) is 5.82 Å². The molecule has 1 unspecified atom stereocenters. The second kappa shape index (κ2) is 6.90. The molecule has 0 fully saturated rings. The van der Waals surface area contributed by atoms with Crippen LogP contribution < -0.4 is 0 Å². The Bertz CT molecular complexity index is 915. The predicted molar refractivity (Wildman–Crippen MR) is 84.6 cm³/mol. The zero-order chi connectivity index (χ0) is 18.9. The molecule has 0 aliphatic heterocycles. The summed E-state index contributed by atoms with van der Waals surface area (Å²) in [6.45, 7) is 3.81. The topological polar surface area (TPSA) is 83.0 Å². The SMILES string of the molecule is CCOC(=O)c1cnn(C(C)c2ccc(-c3noc(C(F)(F)F)n3)s2)c1. The van der Waals surface area contributed by atoms with Crippen molar-refractivity contribution >= 4 is 17.3 Å². The summed E-state index contributed by atoms with van der Waals surface area (Å²) in [7, 11) is 0. The second-order valence-electron chi connectivity index (χ2n) is 5.23. The Hall–Kier alpha value is -2.69. The summed E-state index contributed by atoms with van der Waals surface area (Å²) in [5.74, 6) is -1.99. The van der Waals surface area contributed by atoms with Crippen LogP contribution in [0.2, 0.25) is 0 Å². The fourth-order valence-electron chi connectivity index (χ4n) is 2.14. The molecule has 0 spiro atoms. The maximum Gasteiger partial charge on any atom is 0.471 e. The summed E-state index contributed by atoms with van der Waals surface area (Å²) in [6.07, 6.45) is -1.73. The van der Waals surface area contributed by atoms with Gasteiger partial charge in [0.05, 0.1) is 29.3 Å². The van der Waals surface area contributed by atoms with Crippen LogP contribution in [0.15, 0.2) is 29.0 Å². The zero-order valence-corrected chi connectivity index (χ0v) is 14.5. The van der Waals surface area contributed by atoms with E-state index in [0.717, 1.165) is 4.88 Å². The molecule has 7 nitrogen and oxygen atoms in total. The highest BCUT2D eigenvalue weighted by Gasteiger charge is 2.38. The first kappa shape index (κ1) is 18.1. The molecule has 3 rings (SSSR count). The van der Waals surface area contributed by atoms with E-state index in [9.17, 15) is 18.0 Å². The van der Waals surface area contributed by atoms with E-state index in [2.05, 4.69) is 19.8 Å². The van der Waals surface area contributed by atoms with Gasteiger partial charge in [0.25, 0.3) is 0 Å². The van der Waals surface area contributed by atoms with Crippen LogP contribution >= 0.6 is 11.3 Å². The number of hydrogen-bond donors (Lipinski definition) is 0. The van der Waals surface area contributed by atoms with Gasteiger partial charge in [0.1, 0.15) is 0 Å². The minimum absolute atomic E-state index is 0.131. The first-order valence-electron chi connectivity index (χ1n) is 7.52. The lowest BCUT2D eigenvalue weighted by Gasteiger charge is -2.09. The lowest BCUT2D eigenvalue weighted by atomic mass is 10.2. The molecule has 3 aromatic rings. The normalized spacial score (nSPS) is 13.0. The van der Waals surface area contributed by atoms with Crippen LogP contribution in [0.1, 0.15) is 41.0 Å². The zero-order valence-electron chi connectivity index (χ0n) is 13.6. The van der Waals surface area contributed by atoms with Crippen molar-refractivity contribution in [1.29, 1.82) is 0 Å². The van der Waals surface area contributed by atoms with E-state index >= 15 is 0 Å². The molecule has 0 aliphatic rings. The van der Waals surface area contributed by atoms with Gasteiger partial charge in [-0.1, -0.05) is 5.16 Å². The largest absolute Gasteiger partial charge is 0.471 e. The molecule has 0 aliphatic carbocycles. The van der Waals surface area contributed by atoms with E-state index in [1.54, 1.807) is 29.9 Å². The van der Waals surface area contributed by atoms with Crippen LogP contribution in [0.5, 0.6) is 0 Å². The van der Waals surface area contributed by atoms with Crippen molar-refractivity contribution in [1.82, 2.24) is 19.9 Å². The van der Waals surface area contributed by atoms with Crippen molar-refractivity contribution < 1.29 is 27.2 Å². The van der Waals surface area contributed by atoms with Gasteiger partial charge >= 0.3 is 18.0 Å². The summed E-state index contributed by atoms with van der Waals surface area (Å²) in [4.78, 5) is 16.3. The lowest BCUT2D eigenvalue weighted by Crippen LogP contribution is -2.06. The first-order valence-corrected chi connectivity index (χ1v) is 8.33. The van der Waals surface area contributed by atoms with Crippen molar-refractivity contribution in [3.8, 4) is 10.7 Å². The third kappa shape index (κ3) is 3.62. The molecule has 0 bridgehead atoms. The molecule has 3 heterocycles. The number of alkyl halides is 3. The van der Waals surface area contributed by atoms with Gasteiger partial charge in [-0.25, -0.2) is 4.79 Å². The molecule has 3 aromatic heterocycles. The maximum absolute atomic E-state index is 12.6. The van der Waals surface area contributed by atoms with Gasteiger partial charge < -0.3 is 9.26 Å². The van der Waals surface area contributed by atoms with Gasteiger partial charge in [0, 0.05) is 11.1 Å². The Balaban J connectivity index is 1.79. The monoisotopic (exact) mass is 386 g/mol. The van der Waals surface area contributed by atoms with Crippen LogP contribution in [-0.4, -0.2) is 32.5 Å². The number of nitrogens with zero attached hydrogens (tertiary/aromatic N) is 4. The Morgan fingerprint density at radius 2 is 2.19 bits per heavy atom. The summed E-state index contributed by atoms with van der Waals surface area (Å²) in [5.41, 5.74) is 0.323. The molecule has 0 saturated heterocycles. The van der Waals surface area contributed by atoms with Crippen molar-refractivity contribution in [2.24, 2.45) is 0 Å². The highest BCUT2D eigenvalue weighted by Crippen LogP contribution is 2.34. The molecule has 0 aromatic carbocycles. The summed E-state index contributed by atoms with van der Waals surface area (Å²) in [6, 6.07) is 3.10. The molecular formula is C15H13F3N4O3S. The van der Waals surface area contributed by atoms with Gasteiger partial charge in [0.15, 0.2) is 0 Å². The van der Waals surface area contributed by atoms with E-state index < -0.39 is 18.0 Å². The van der Waals surface area contributed by atoms with E-state index in [-0.39, 0.29) is 18.5 Å².